The van der Waals surface area contributed by atoms with Crippen LogP contribution in [-0.4, -0.2) is 5.97 Å². The summed E-state index contributed by atoms with van der Waals surface area (Å²) in [7, 11) is 0. The Labute approximate surface area is 151 Å². The fraction of sp³-hybridized carbons (Fsp3) is 0.696. The summed E-state index contributed by atoms with van der Waals surface area (Å²) in [6.07, 6.45) is 7.88. The number of carbonyl (C=O) groups is 1. The lowest BCUT2D eigenvalue weighted by molar-refractivity contribution is -0.142. The molecule has 0 N–H and O–H groups in total. The molecule has 0 saturated heterocycles. The van der Waals surface area contributed by atoms with Crippen LogP contribution in [0.1, 0.15) is 63.9 Å². The van der Waals surface area contributed by atoms with E-state index >= 15 is 0 Å². The number of hydrogen-bond acceptors (Lipinski definition) is 2. The molecule has 8 unspecified atom stereocenters. The highest BCUT2D eigenvalue weighted by Crippen LogP contribution is 2.68. The van der Waals surface area contributed by atoms with E-state index in [4.69, 9.17) is 4.74 Å². The smallest absolute Gasteiger partial charge is 0.314 e. The summed E-state index contributed by atoms with van der Waals surface area (Å²) < 4.78 is 5.81. The van der Waals surface area contributed by atoms with Crippen molar-refractivity contribution in [3.05, 3.63) is 29.8 Å². The Kier molecular flexibility index (Phi) is 3.73. The van der Waals surface area contributed by atoms with E-state index in [-0.39, 0.29) is 11.9 Å². The number of fused-ring (bicyclic) bond motifs is 9. The first-order chi connectivity index (χ1) is 12.2. The molecule has 0 heterocycles. The standard InChI is InChI=1S/C23H30O2/c1-3-13(2)14-6-8-18(9-7-14)25-23(24)20-12-17-11-19(20)22-16-5-4-15(10-16)21(17)22/h6-9,13,15-17,19-22H,3-5,10-12H2,1-2H3. The minimum absolute atomic E-state index is 0.0463. The van der Waals surface area contributed by atoms with Gasteiger partial charge in [-0.3, -0.25) is 4.79 Å². The lowest BCUT2D eigenvalue weighted by Crippen LogP contribution is -2.37. The predicted octanol–water partition coefficient (Wildman–Crippen LogP) is 5.42. The van der Waals surface area contributed by atoms with E-state index in [1.165, 1.54) is 31.2 Å². The van der Waals surface area contributed by atoms with Crippen molar-refractivity contribution >= 4 is 5.97 Å². The molecule has 4 aliphatic rings. The van der Waals surface area contributed by atoms with Crippen LogP contribution in [0.2, 0.25) is 0 Å². The summed E-state index contributed by atoms with van der Waals surface area (Å²) >= 11 is 0. The van der Waals surface area contributed by atoms with Crippen LogP contribution in [0.3, 0.4) is 0 Å². The molecular formula is C23H30O2. The van der Waals surface area contributed by atoms with Crippen LogP contribution in [0, 0.1) is 41.4 Å². The van der Waals surface area contributed by atoms with E-state index in [1.54, 1.807) is 0 Å². The van der Waals surface area contributed by atoms with Gasteiger partial charge in [0.15, 0.2) is 0 Å². The molecule has 2 heteroatoms. The van der Waals surface area contributed by atoms with E-state index in [1.807, 2.05) is 12.1 Å². The molecular weight excluding hydrogens is 308 g/mol. The molecule has 0 aliphatic heterocycles. The summed E-state index contributed by atoms with van der Waals surface area (Å²) in [5.74, 6) is 6.67. The van der Waals surface area contributed by atoms with Crippen molar-refractivity contribution < 1.29 is 9.53 Å². The lowest BCUT2D eigenvalue weighted by Gasteiger charge is -2.37. The van der Waals surface area contributed by atoms with Crippen LogP contribution in [-0.2, 0) is 4.79 Å². The van der Waals surface area contributed by atoms with Gasteiger partial charge in [-0.1, -0.05) is 26.0 Å². The SMILES string of the molecule is CCC(C)c1ccc(OC(=O)C2CC3CC2C2C4CCC(C4)C32)cc1. The molecule has 1 aromatic carbocycles. The third-order valence-corrected chi connectivity index (χ3v) is 8.32. The first-order valence-electron chi connectivity index (χ1n) is 10.5. The van der Waals surface area contributed by atoms with E-state index in [2.05, 4.69) is 26.0 Å². The molecule has 0 aromatic heterocycles. The molecule has 25 heavy (non-hydrogen) atoms. The van der Waals surface area contributed by atoms with Crippen LogP contribution in [0.5, 0.6) is 5.75 Å². The zero-order valence-electron chi connectivity index (χ0n) is 15.5. The molecule has 0 radical (unpaired) electrons. The van der Waals surface area contributed by atoms with Gasteiger partial charge in [0.05, 0.1) is 5.92 Å². The Bertz CT molecular complexity index is 663. The first-order valence-corrected chi connectivity index (χ1v) is 10.5. The molecule has 134 valence electrons. The molecule has 4 aliphatic carbocycles. The van der Waals surface area contributed by atoms with Crippen molar-refractivity contribution in [1.82, 2.24) is 0 Å². The number of benzene rings is 1. The topological polar surface area (TPSA) is 26.3 Å². The highest BCUT2D eigenvalue weighted by molar-refractivity contribution is 5.76. The third-order valence-electron chi connectivity index (χ3n) is 8.32. The number of hydrogen-bond donors (Lipinski definition) is 0. The fourth-order valence-corrected chi connectivity index (χ4v) is 7.13. The average molecular weight is 338 g/mol. The molecule has 4 saturated carbocycles. The zero-order chi connectivity index (χ0) is 17.1. The predicted molar refractivity (Wildman–Crippen MR) is 98.3 cm³/mol. The van der Waals surface area contributed by atoms with Gasteiger partial charge in [0.25, 0.3) is 0 Å². The summed E-state index contributed by atoms with van der Waals surface area (Å²) in [5, 5.41) is 0. The van der Waals surface area contributed by atoms with Crippen molar-refractivity contribution in [3.63, 3.8) is 0 Å². The summed E-state index contributed by atoms with van der Waals surface area (Å²) in [4.78, 5) is 12.9. The Morgan fingerprint density at radius 2 is 1.76 bits per heavy atom. The van der Waals surface area contributed by atoms with E-state index in [0.717, 1.165) is 48.2 Å². The fourth-order valence-electron chi connectivity index (χ4n) is 7.13. The number of esters is 1. The van der Waals surface area contributed by atoms with Gasteiger partial charge in [-0.05, 0) is 97.6 Å². The van der Waals surface area contributed by atoms with Crippen LogP contribution in [0.25, 0.3) is 0 Å². The Morgan fingerprint density at radius 3 is 2.48 bits per heavy atom. The van der Waals surface area contributed by atoms with E-state index in [0.29, 0.717) is 11.8 Å². The van der Waals surface area contributed by atoms with Crippen LogP contribution >= 0.6 is 0 Å². The normalized spacial score (nSPS) is 41.8. The molecule has 0 spiro atoms. The van der Waals surface area contributed by atoms with Gasteiger partial charge in [-0.25, -0.2) is 0 Å². The van der Waals surface area contributed by atoms with Gasteiger partial charge in [-0.15, -0.1) is 0 Å². The highest BCUT2D eigenvalue weighted by atomic mass is 16.5. The second kappa shape index (κ2) is 5.86. The third kappa shape index (κ3) is 2.39. The minimum Gasteiger partial charge on any atom is -0.426 e. The maximum Gasteiger partial charge on any atom is 0.314 e. The minimum atomic E-state index is 0.0463. The van der Waals surface area contributed by atoms with Crippen LogP contribution < -0.4 is 4.74 Å². The second-order valence-corrected chi connectivity index (χ2v) is 9.29. The number of carbonyl (C=O) groups excluding carboxylic acids is 1. The summed E-state index contributed by atoms with van der Waals surface area (Å²) in [6, 6.07) is 8.19. The van der Waals surface area contributed by atoms with Crippen molar-refractivity contribution in [2.45, 2.75) is 58.3 Å². The highest BCUT2D eigenvalue weighted by Gasteiger charge is 2.63. The maximum absolute atomic E-state index is 12.9. The zero-order valence-corrected chi connectivity index (χ0v) is 15.5. The molecule has 4 fully saturated rings. The molecule has 8 atom stereocenters. The average Bonchev–Trinajstić information content (AvgIpc) is 3.39. The van der Waals surface area contributed by atoms with Crippen LogP contribution in [0.4, 0.5) is 0 Å². The van der Waals surface area contributed by atoms with Crippen LogP contribution in [0.15, 0.2) is 24.3 Å². The Morgan fingerprint density at radius 1 is 1.04 bits per heavy atom. The largest absolute Gasteiger partial charge is 0.426 e. The Hall–Kier alpha value is -1.31. The van der Waals surface area contributed by atoms with Gasteiger partial charge < -0.3 is 4.74 Å². The quantitative estimate of drug-likeness (QED) is 0.416. The van der Waals surface area contributed by atoms with Crippen molar-refractivity contribution in [2.75, 3.05) is 0 Å². The van der Waals surface area contributed by atoms with Crippen molar-refractivity contribution in [2.24, 2.45) is 41.4 Å². The lowest BCUT2D eigenvalue weighted by atomic mass is 9.67. The molecule has 2 nitrogen and oxygen atoms in total. The number of ether oxygens (including phenoxy) is 1. The molecule has 1 aromatic rings. The maximum atomic E-state index is 12.9. The van der Waals surface area contributed by atoms with Crippen molar-refractivity contribution in [1.29, 1.82) is 0 Å². The Balaban J connectivity index is 1.27. The second-order valence-electron chi connectivity index (χ2n) is 9.29. The van der Waals surface area contributed by atoms with E-state index < -0.39 is 0 Å². The monoisotopic (exact) mass is 338 g/mol. The first kappa shape index (κ1) is 15.9. The van der Waals surface area contributed by atoms with Gasteiger partial charge in [0, 0.05) is 0 Å². The van der Waals surface area contributed by atoms with Gasteiger partial charge in [-0.2, -0.15) is 0 Å². The summed E-state index contributed by atoms with van der Waals surface area (Å²) in [5.41, 5.74) is 1.33. The van der Waals surface area contributed by atoms with E-state index in [9.17, 15) is 4.79 Å². The summed E-state index contributed by atoms with van der Waals surface area (Å²) in [6.45, 7) is 4.44. The molecule has 0 amide bonds. The molecule has 5 rings (SSSR count). The van der Waals surface area contributed by atoms with Gasteiger partial charge >= 0.3 is 5.97 Å². The molecule has 4 bridgehead atoms. The number of rotatable bonds is 4. The van der Waals surface area contributed by atoms with Gasteiger partial charge in [0.2, 0.25) is 0 Å². The van der Waals surface area contributed by atoms with Gasteiger partial charge in [0.1, 0.15) is 5.75 Å². The van der Waals surface area contributed by atoms with Crippen molar-refractivity contribution in [3.8, 4) is 5.75 Å².